The van der Waals surface area contributed by atoms with Gasteiger partial charge < -0.3 is 9.47 Å². The van der Waals surface area contributed by atoms with Crippen LogP contribution in [0.5, 0.6) is 0 Å². The number of ether oxygens (including phenoxy) is 2. The van der Waals surface area contributed by atoms with Crippen molar-refractivity contribution in [3.05, 3.63) is 0 Å². The Bertz CT molecular complexity index is 541. The molecule has 0 radical (unpaired) electrons. The molecule has 1 aliphatic heterocycles. The highest BCUT2D eigenvalue weighted by Gasteiger charge is 2.44. The molecule has 4 amide bonds. The first-order valence-electron chi connectivity index (χ1n) is 8.28. The van der Waals surface area contributed by atoms with Crippen molar-refractivity contribution in [3.8, 4) is 0 Å². The Kier molecular flexibility index (Phi) is 6.11. The molecule has 10 heteroatoms. The number of amides is 4. The highest BCUT2D eigenvalue weighted by molar-refractivity contribution is 5.97. The lowest BCUT2D eigenvalue weighted by Crippen LogP contribution is -2.70. The number of rotatable bonds is 2. The zero-order chi connectivity index (χ0) is 20.4. The van der Waals surface area contributed by atoms with Crippen molar-refractivity contribution >= 4 is 24.0 Å². The summed E-state index contributed by atoms with van der Waals surface area (Å²) in [7, 11) is 0. The Morgan fingerprint density at radius 2 is 1.04 bits per heavy atom. The first kappa shape index (κ1) is 21.5. The summed E-state index contributed by atoms with van der Waals surface area (Å²) in [4.78, 5) is 48.9. The van der Waals surface area contributed by atoms with Crippen molar-refractivity contribution in [1.29, 1.82) is 0 Å². The highest BCUT2D eigenvalue weighted by Crippen LogP contribution is 2.16. The van der Waals surface area contributed by atoms with Crippen molar-refractivity contribution in [2.75, 3.05) is 0 Å². The van der Waals surface area contributed by atoms with Crippen molar-refractivity contribution in [3.63, 3.8) is 0 Å². The van der Waals surface area contributed by atoms with Crippen LogP contribution in [0.25, 0.3) is 0 Å². The third-order valence-electron chi connectivity index (χ3n) is 3.19. The van der Waals surface area contributed by atoms with Crippen molar-refractivity contribution < 1.29 is 28.7 Å². The Morgan fingerprint density at radius 3 is 1.27 bits per heavy atom. The Morgan fingerprint density at radius 1 is 0.769 bits per heavy atom. The summed E-state index contributed by atoms with van der Waals surface area (Å²) >= 11 is 0. The van der Waals surface area contributed by atoms with Crippen LogP contribution in [0, 0.1) is 0 Å². The molecule has 1 rings (SSSR count). The summed E-state index contributed by atoms with van der Waals surface area (Å²) in [5.41, 5.74) is 3.04. The average molecular weight is 372 g/mol. The minimum Gasteiger partial charge on any atom is -0.443 e. The van der Waals surface area contributed by atoms with E-state index in [0.29, 0.717) is 0 Å². The van der Waals surface area contributed by atoms with Gasteiger partial charge in [0.2, 0.25) is 0 Å². The first-order chi connectivity index (χ1) is 11.6. The molecule has 0 aromatic carbocycles. The normalized spacial score (nSPS) is 21.4. The van der Waals surface area contributed by atoms with Crippen LogP contribution < -0.4 is 10.9 Å². The minimum absolute atomic E-state index is 0.584. The van der Waals surface area contributed by atoms with Crippen LogP contribution in [0.4, 0.5) is 9.59 Å². The van der Waals surface area contributed by atoms with Gasteiger partial charge in [-0.15, -0.1) is 0 Å². The van der Waals surface area contributed by atoms with E-state index in [4.69, 9.17) is 9.47 Å². The Balaban J connectivity index is 2.85. The monoisotopic (exact) mass is 372 g/mol. The standard InChI is InChI=1S/C16H28N4O6/c1-9-11(21)20(18-14(24)26-16(6,7)8)10(2)12(22)19(9)17-13(23)25-15(3,4)5/h9-10H,1-8H3,(H,17,23)(H,18,24)/t9-,10-/m0/s1. The molecule has 0 aliphatic carbocycles. The maximum Gasteiger partial charge on any atom is 0.426 e. The largest absolute Gasteiger partial charge is 0.443 e. The number of carbonyl (C=O) groups is 4. The first-order valence-corrected chi connectivity index (χ1v) is 8.28. The van der Waals surface area contributed by atoms with E-state index >= 15 is 0 Å². The maximum absolute atomic E-state index is 12.5. The van der Waals surface area contributed by atoms with Crippen LogP contribution in [0.1, 0.15) is 55.4 Å². The number of nitrogens with one attached hydrogen (secondary N) is 2. The number of hydrogen-bond acceptors (Lipinski definition) is 6. The van der Waals surface area contributed by atoms with E-state index < -0.39 is 47.3 Å². The SMILES string of the molecule is C[C@H]1C(=O)N(NC(=O)OC(C)(C)C)[C@@H](C)C(=O)N1NC(=O)OC(C)(C)C. The van der Waals surface area contributed by atoms with Gasteiger partial charge in [-0.1, -0.05) is 0 Å². The molecule has 0 spiro atoms. The lowest BCUT2D eigenvalue weighted by molar-refractivity contribution is -0.166. The predicted octanol–water partition coefficient (Wildman–Crippen LogP) is 1.31. The second kappa shape index (κ2) is 7.38. The van der Waals surface area contributed by atoms with E-state index in [1.54, 1.807) is 41.5 Å². The zero-order valence-electron chi connectivity index (χ0n) is 16.5. The van der Waals surface area contributed by atoms with Crippen molar-refractivity contribution in [2.24, 2.45) is 0 Å². The Labute approximate surface area is 153 Å². The second-order valence-electron chi connectivity index (χ2n) is 8.00. The molecule has 10 nitrogen and oxygen atoms in total. The van der Waals surface area contributed by atoms with E-state index in [2.05, 4.69) is 10.9 Å². The molecule has 1 heterocycles. The van der Waals surface area contributed by atoms with Gasteiger partial charge in [-0.3, -0.25) is 9.59 Å². The Hall–Kier alpha value is -2.52. The number of hydrogen-bond donors (Lipinski definition) is 2. The van der Waals surface area contributed by atoms with E-state index in [1.165, 1.54) is 13.8 Å². The lowest BCUT2D eigenvalue weighted by Gasteiger charge is -2.41. The van der Waals surface area contributed by atoms with E-state index in [1.807, 2.05) is 0 Å². The van der Waals surface area contributed by atoms with Gasteiger partial charge in [-0.2, -0.15) is 0 Å². The molecule has 0 saturated carbocycles. The molecule has 1 fully saturated rings. The van der Waals surface area contributed by atoms with Crippen molar-refractivity contribution in [1.82, 2.24) is 20.9 Å². The predicted molar refractivity (Wildman–Crippen MR) is 91.4 cm³/mol. The molecule has 0 aromatic heterocycles. The topological polar surface area (TPSA) is 117 Å². The minimum atomic E-state index is -1.04. The molecule has 148 valence electrons. The van der Waals surface area contributed by atoms with Crippen LogP contribution in [0.3, 0.4) is 0 Å². The van der Waals surface area contributed by atoms with Gasteiger partial charge in [0.1, 0.15) is 23.3 Å². The van der Waals surface area contributed by atoms with Crippen LogP contribution in [-0.2, 0) is 19.1 Å². The van der Waals surface area contributed by atoms with Gasteiger partial charge in [0.25, 0.3) is 11.8 Å². The van der Waals surface area contributed by atoms with Gasteiger partial charge in [0.15, 0.2) is 0 Å². The summed E-state index contributed by atoms with van der Waals surface area (Å²) in [5.74, 6) is -1.17. The summed E-state index contributed by atoms with van der Waals surface area (Å²) < 4.78 is 10.2. The molecule has 0 bridgehead atoms. The summed E-state index contributed by atoms with van der Waals surface area (Å²) in [6.07, 6.45) is -1.71. The summed E-state index contributed by atoms with van der Waals surface area (Å²) in [6.45, 7) is 12.9. The van der Waals surface area contributed by atoms with Crippen LogP contribution in [0.15, 0.2) is 0 Å². The van der Waals surface area contributed by atoms with Gasteiger partial charge in [0.05, 0.1) is 0 Å². The van der Waals surface area contributed by atoms with Gasteiger partial charge >= 0.3 is 12.2 Å². The summed E-state index contributed by atoms with van der Waals surface area (Å²) in [6, 6.07) is -2.08. The average Bonchev–Trinajstić information content (AvgIpc) is 2.42. The second-order valence-corrected chi connectivity index (χ2v) is 8.00. The molecule has 1 aliphatic rings. The highest BCUT2D eigenvalue weighted by atomic mass is 16.6. The van der Waals surface area contributed by atoms with Gasteiger partial charge in [0, 0.05) is 0 Å². The third kappa shape index (κ3) is 5.78. The van der Waals surface area contributed by atoms with Crippen LogP contribution in [0.2, 0.25) is 0 Å². The molecule has 1 saturated heterocycles. The smallest absolute Gasteiger partial charge is 0.426 e. The number of nitrogens with zero attached hydrogens (tertiary/aromatic N) is 2. The molecule has 2 N–H and O–H groups in total. The third-order valence-corrected chi connectivity index (χ3v) is 3.19. The van der Waals surface area contributed by atoms with E-state index in [0.717, 1.165) is 10.0 Å². The van der Waals surface area contributed by atoms with E-state index in [9.17, 15) is 19.2 Å². The summed E-state index contributed by atoms with van der Waals surface area (Å²) in [5, 5.41) is 1.79. The van der Waals surface area contributed by atoms with Crippen LogP contribution in [-0.4, -0.2) is 57.3 Å². The van der Waals surface area contributed by atoms with Gasteiger partial charge in [-0.05, 0) is 55.4 Å². The molecular weight excluding hydrogens is 344 g/mol. The fraction of sp³-hybridized carbons (Fsp3) is 0.750. The molecule has 2 atom stereocenters. The zero-order valence-corrected chi connectivity index (χ0v) is 16.5. The number of piperazine rings is 1. The van der Waals surface area contributed by atoms with Crippen LogP contribution >= 0.6 is 0 Å². The quantitative estimate of drug-likeness (QED) is 0.755. The number of carbonyl (C=O) groups excluding carboxylic acids is 4. The molecular formula is C16H28N4O6. The lowest BCUT2D eigenvalue weighted by atomic mass is 10.1. The fourth-order valence-electron chi connectivity index (χ4n) is 2.11. The molecule has 0 unspecified atom stereocenters. The van der Waals surface area contributed by atoms with Gasteiger partial charge in [-0.25, -0.2) is 30.5 Å². The van der Waals surface area contributed by atoms with Crippen molar-refractivity contribution in [2.45, 2.75) is 78.7 Å². The van der Waals surface area contributed by atoms with E-state index in [-0.39, 0.29) is 0 Å². The number of hydrazine groups is 2. The fourth-order valence-corrected chi connectivity index (χ4v) is 2.11. The molecule has 26 heavy (non-hydrogen) atoms. The molecule has 0 aromatic rings. The maximum atomic E-state index is 12.5.